The summed E-state index contributed by atoms with van der Waals surface area (Å²) in [5, 5.41) is 0. The normalized spacial score (nSPS) is 12.8. The average molecular weight is 243 g/mol. The van der Waals surface area contributed by atoms with Gasteiger partial charge in [0.15, 0.2) is 5.75 Å². The largest absolute Gasteiger partial charge is 0.289 e. The lowest BCUT2D eigenvalue weighted by Gasteiger charge is -2.04. The predicted molar refractivity (Wildman–Crippen MR) is 67.2 cm³/mol. The second-order valence-electron chi connectivity index (χ2n) is 3.50. The summed E-state index contributed by atoms with van der Waals surface area (Å²) in [5.74, 6) is 0.628. The summed E-state index contributed by atoms with van der Waals surface area (Å²) < 4.78 is 11.4. The molecule has 0 heterocycles. The molecule has 1 aromatic rings. The van der Waals surface area contributed by atoms with Crippen LogP contribution in [0.4, 0.5) is 0 Å². The van der Waals surface area contributed by atoms with Crippen molar-refractivity contribution in [3.05, 3.63) is 29.8 Å². The molecule has 0 fully saturated rings. The number of benzene rings is 1. The molecule has 1 rings (SSSR count). The van der Waals surface area contributed by atoms with Crippen molar-refractivity contribution in [2.75, 3.05) is 24.5 Å². The molecule has 1 atom stereocenters. The fourth-order valence-corrected chi connectivity index (χ4v) is 2.73. The highest BCUT2D eigenvalue weighted by Crippen LogP contribution is 2.13. The van der Waals surface area contributed by atoms with Gasteiger partial charge in [-0.2, -0.15) is 0 Å². The zero-order valence-electron chi connectivity index (χ0n) is 9.15. The quantitative estimate of drug-likeness (QED) is 0.593. The van der Waals surface area contributed by atoms with Gasteiger partial charge in [-0.3, -0.25) is 9.00 Å². The molecule has 0 aliphatic rings. The van der Waals surface area contributed by atoms with Gasteiger partial charge in [0.25, 0.3) is 0 Å². The van der Waals surface area contributed by atoms with Gasteiger partial charge < -0.3 is 0 Å². The van der Waals surface area contributed by atoms with Gasteiger partial charge in [-0.15, -0.1) is 0 Å². The third-order valence-electron chi connectivity index (χ3n) is 1.92. The molecule has 0 spiro atoms. The van der Waals surface area contributed by atoms with E-state index in [0.29, 0.717) is 16.2 Å². The molecule has 82 valence electrons. The molecule has 0 radical (unpaired) electrons. The molecule has 0 saturated heterocycles. The molecule has 0 aliphatic heterocycles. The summed E-state index contributed by atoms with van der Waals surface area (Å²) in [4.78, 5) is 12.5. The molecule has 1 aromatic carbocycles. The summed E-state index contributed by atoms with van der Waals surface area (Å²) >= 11 is 0. The summed E-state index contributed by atoms with van der Waals surface area (Å²) in [6.07, 6.45) is 5.66. The average Bonchev–Trinajstić information content (AvgIpc) is 2.16. The Kier molecular flexibility index (Phi) is 4.54. The van der Waals surface area contributed by atoms with Crippen molar-refractivity contribution in [3.63, 3.8) is 0 Å². The Labute approximate surface area is 95.9 Å². The number of hydrogen-bond donors (Lipinski definition) is 0. The maximum absolute atomic E-state index is 11.9. The van der Waals surface area contributed by atoms with Crippen LogP contribution in [0.1, 0.15) is 10.4 Å². The zero-order chi connectivity index (χ0) is 11.4. The van der Waals surface area contributed by atoms with Crippen LogP contribution in [0.2, 0.25) is 0 Å². The number of hydrogen-bond acceptors (Lipinski definition) is 2. The zero-order valence-corrected chi connectivity index (χ0v) is 10.8. The van der Waals surface area contributed by atoms with Crippen LogP contribution < -0.4 is 0 Å². The first-order valence-electron chi connectivity index (χ1n) is 4.52. The molecule has 4 heteroatoms. The lowest BCUT2D eigenvalue weighted by atomic mass is 10.1. The first kappa shape index (κ1) is 12.5. The lowest BCUT2D eigenvalue weighted by molar-refractivity contribution is 0.101. The summed E-state index contributed by atoms with van der Waals surface area (Å²) in [6, 6.07) is 7.14. The Morgan fingerprint density at radius 3 is 2.47 bits per heavy atom. The van der Waals surface area contributed by atoms with E-state index in [1.165, 1.54) is 0 Å². The molecule has 15 heavy (non-hydrogen) atoms. The highest BCUT2D eigenvalue weighted by atomic mass is 32.2. The van der Waals surface area contributed by atoms with Crippen LogP contribution in [-0.4, -0.2) is 34.5 Å². The Bertz CT molecular complexity index is 386. The molecule has 0 N–H and O–H groups in total. The smallest absolute Gasteiger partial charge is 0.213 e. The molecule has 2 nitrogen and oxygen atoms in total. The molecule has 0 aliphatic carbocycles. The second kappa shape index (κ2) is 5.47. The van der Waals surface area contributed by atoms with Gasteiger partial charge in [0.1, 0.15) is 0 Å². The van der Waals surface area contributed by atoms with E-state index in [0.717, 1.165) is 0 Å². The second-order valence-corrected chi connectivity index (χ2v) is 7.11. The predicted octanol–water partition coefficient (Wildman–Crippen LogP) is 1.48. The summed E-state index contributed by atoms with van der Waals surface area (Å²) in [6.45, 7) is 0. The maximum atomic E-state index is 11.9. The Hall–Kier alpha value is -0.610. The van der Waals surface area contributed by atoms with Crippen LogP contribution in [0.5, 0.6) is 0 Å². The molecule has 1 unspecified atom stereocenters. The number of ketones is 1. The number of Topliss-reactive ketones (excluding diaryl/α,β-unsaturated/α-hetero) is 1. The first-order chi connectivity index (χ1) is 7.02. The molecular weight excluding hydrogens is 228 g/mol. The topological polar surface area (TPSA) is 34.1 Å². The fourth-order valence-electron chi connectivity index (χ4n) is 1.29. The van der Waals surface area contributed by atoms with E-state index in [1.807, 2.05) is 24.6 Å². The standard InChI is InChI=1S/C11H15O2S2/c1-14(2)8-10(12)9-6-4-5-7-11(9)15(3)13/h4-7H,8H2,1-3H3/q+1. The molecule has 0 amide bonds. The number of rotatable bonds is 4. The van der Waals surface area contributed by atoms with Gasteiger partial charge >= 0.3 is 0 Å². The third-order valence-corrected chi connectivity index (χ3v) is 3.73. The van der Waals surface area contributed by atoms with Crippen molar-refractivity contribution in [3.8, 4) is 0 Å². The van der Waals surface area contributed by atoms with Gasteiger partial charge in [-0.1, -0.05) is 12.1 Å². The number of carbonyl (C=O) groups is 1. The van der Waals surface area contributed by atoms with Crippen LogP contribution in [-0.2, 0) is 21.7 Å². The minimum atomic E-state index is -1.09. The van der Waals surface area contributed by atoms with Crippen molar-refractivity contribution < 1.29 is 9.00 Å². The van der Waals surface area contributed by atoms with Crippen LogP contribution in [0.25, 0.3) is 0 Å². The minimum Gasteiger partial charge on any atom is -0.289 e. The van der Waals surface area contributed by atoms with Crippen molar-refractivity contribution in [2.24, 2.45) is 0 Å². The van der Waals surface area contributed by atoms with E-state index in [4.69, 9.17) is 0 Å². The molecule has 0 saturated carbocycles. The maximum Gasteiger partial charge on any atom is 0.213 e. The SMILES string of the molecule is CS(=O)c1ccccc1C(=O)C[S+](C)C. The summed E-state index contributed by atoms with van der Waals surface area (Å²) in [7, 11) is -1.01. The van der Waals surface area contributed by atoms with E-state index in [9.17, 15) is 9.00 Å². The van der Waals surface area contributed by atoms with Gasteiger partial charge in [-0.05, 0) is 23.0 Å². The van der Waals surface area contributed by atoms with Crippen molar-refractivity contribution >= 4 is 27.5 Å². The van der Waals surface area contributed by atoms with Crippen LogP contribution >= 0.6 is 0 Å². The summed E-state index contributed by atoms with van der Waals surface area (Å²) in [5.41, 5.74) is 0.611. The van der Waals surface area contributed by atoms with E-state index >= 15 is 0 Å². The Morgan fingerprint density at radius 1 is 1.33 bits per heavy atom. The first-order valence-corrected chi connectivity index (χ1v) is 8.29. The van der Waals surface area contributed by atoms with E-state index < -0.39 is 10.8 Å². The van der Waals surface area contributed by atoms with E-state index in [2.05, 4.69) is 0 Å². The Morgan fingerprint density at radius 2 is 1.93 bits per heavy atom. The van der Waals surface area contributed by atoms with Crippen LogP contribution in [0.15, 0.2) is 29.2 Å². The monoisotopic (exact) mass is 243 g/mol. The van der Waals surface area contributed by atoms with Crippen molar-refractivity contribution in [1.29, 1.82) is 0 Å². The van der Waals surface area contributed by atoms with Gasteiger partial charge in [0.2, 0.25) is 5.78 Å². The molecular formula is C11H15O2S2+. The molecule has 0 bridgehead atoms. The van der Waals surface area contributed by atoms with Crippen LogP contribution in [0.3, 0.4) is 0 Å². The van der Waals surface area contributed by atoms with E-state index in [1.54, 1.807) is 18.4 Å². The van der Waals surface area contributed by atoms with Gasteiger partial charge in [0, 0.05) is 16.7 Å². The number of carbonyl (C=O) groups excluding carboxylic acids is 1. The van der Waals surface area contributed by atoms with E-state index in [-0.39, 0.29) is 16.7 Å². The van der Waals surface area contributed by atoms with Gasteiger partial charge in [0.05, 0.1) is 23.3 Å². The Balaban J connectivity index is 3.03. The minimum absolute atomic E-state index is 0.0839. The molecule has 0 aromatic heterocycles. The highest BCUT2D eigenvalue weighted by Gasteiger charge is 2.18. The van der Waals surface area contributed by atoms with Crippen molar-refractivity contribution in [2.45, 2.75) is 4.90 Å². The third kappa shape index (κ3) is 3.47. The highest BCUT2D eigenvalue weighted by molar-refractivity contribution is 7.96. The van der Waals surface area contributed by atoms with Crippen molar-refractivity contribution in [1.82, 2.24) is 0 Å². The lowest BCUT2D eigenvalue weighted by Crippen LogP contribution is -2.15. The van der Waals surface area contributed by atoms with Gasteiger partial charge in [-0.25, -0.2) is 0 Å². The fraction of sp³-hybridized carbons (Fsp3) is 0.364. The van der Waals surface area contributed by atoms with Crippen LogP contribution in [0, 0.1) is 0 Å².